The van der Waals surface area contributed by atoms with E-state index in [1.54, 1.807) is 0 Å². The number of rotatable bonds is 4. The van der Waals surface area contributed by atoms with Gasteiger partial charge in [-0.3, -0.25) is 0 Å². The van der Waals surface area contributed by atoms with Crippen LogP contribution in [0, 0.1) is 28.6 Å². The summed E-state index contributed by atoms with van der Waals surface area (Å²) in [5.41, 5.74) is 0.683. The lowest BCUT2D eigenvalue weighted by atomic mass is 9.44. The molecule has 182 valence electrons. The van der Waals surface area contributed by atoms with Gasteiger partial charge in [0, 0.05) is 11.0 Å². The Morgan fingerprint density at radius 3 is 2.74 bits per heavy atom. The number of esters is 1. The van der Waals surface area contributed by atoms with E-state index in [-0.39, 0.29) is 40.7 Å². The molecule has 0 bridgehead atoms. The third-order valence-corrected chi connectivity index (χ3v) is 10.9. The third kappa shape index (κ3) is 2.21. The van der Waals surface area contributed by atoms with Crippen molar-refractivity contribution in [2.24, 2.45) is 28.6 Å². The number of ether oxygens (including phenoxy) is 3. The summed E-state index contributed by atoms with van der Waals surface area (Å²) in [6, 6.07) is 10.0. The van der Waals surface area contributed by atoms with Gasteiger partial charge in [0.15, 0.2) is 0 Å². The van der Waals surface area contributed by atoms with Crippen LogP contribution in [-0.4, -0.2) is 52.3 Å². The quantitative estimate of drug-likeness (QED) is 0.524. The monoisotopic (exact) mass is 466 g/mol. The van der Waals surface area contributed by atoms with Gasteiger partial charge in [-0.15, -0.1) is 0 Å². The van der Waals surface area contributed by atoms with Crippen LogP contribution in [0.1, 0.15) is 52.0 Å². The molecule has 0 radical (unpaired) electrons. The maximum Gasteiger partial charge on any atom is 0.334 e. The molecule has 2 aliphatic heterocycles. The first kappa shape index (κ1) is 21.5. The van der Waals surface area contributed by atoms with Crippen molar-refractivity contribution >= 4 is 5.97 Å². The summed E-state index contributed by atoms with van der Waals surface area (Å²) in [5.74, 6) is -0.166. The van der Waals surface area contributed by atoms with Gasteiger partial charge >= 0.3 is 5.97 Å². The molecule has 0 aromatic heterocycles. The predicted octanol–water partition coefficient (Wildman–Crippen LogP) is 3.15. The number of carbonyl (C=O) groups excluding carboxylic acids is 1. The fourth-order valence-electron chi connectivity index (χ4n) is 9.10. The highest BCUT2D eigenvalue weighted by Gasteiger charge is 2.94. The third-order valence-electron chi connectivity index (χ3n) is 10.9. The van der Waals surface area contributed by atoms with E-state index in [9.17, 15) is 15.0 Å². The number of epoxide rings is 1. The summed E-state index contributed by atoms with van der Waals surface area (Å²) in [6.07, 6.45) is 1.70. The van der Waals surface area contributed by atoms with Gasteiger partial charge < -0.3 is 24.4 Å². The van der Waals surface area contributed by atoms with Crippen molar-refractivity contribution in [1.82, 2.24) is 0 Å². The van der Waals surface area contributed by atoms with Gasteiger partial charge in [0.05, 0.1) is 18.8 Å². The van der Waals surface area contributed by atoms with Crippen molar-refractivity contribution in [2.45, 2.75) is 82.6 Å². The van der Waals surface area contributed by atoms with Gasteiger partial charge in [0.2, 0.25) is 0 Å². The maximum atomic E-state index is 12.3. The highest BCUT2D eigenvalue weighted by Crippen LogP contribution is 2.87. The molecule has 34 heavy (non-hydrogen) atoms. The molecule has 6 nitrogen and oxygen atoms in total. The predicted molar refractivity (Wildman–Crippen MR) is 122 cm³/mol. The summed E-state index contributed by atoms with van der Waals surface area (Å²) in [7, 11) is 0. The van der Waals surface area contributed by atoms with Crippen LogP contribution in [0.4, 0.5) is 0 Å². The second kappa shape index (κ2) is 6.52. The number of cyclic esters (lactones) is 1. The second-order valence-corrected chi connectivity index (χ2v) is 12.1. The van der Waals surface area contributed by atoms with Crippen LogP contribution >= 0.6 is 0 Å². The Hall–Kier alpha value is -1.73. The molecular formula is C28H34O6. The van der Waals surface area contributed by atoms with Gasteiger partial charge in [-0.25, -0.2) is 4.79 Å². The lowest BCUT2D eigenvalue weighted by Gasteiger charge is -2.60. The number of fused-ring (bicyclic) bond motifs is 2. The molecule has 2 spiro atoms. The van der Waals surface area contributed by atoms with E-state index < -0.39 is 23.4 Å². The highest BCUT2D eigenvalue weighted by molar-refractivity contribution is 5.92. The zero-order chi connectivity index (χ0) is 23.7. The average Bonchev–Trinajstić information content (AvgIpc) is 3.71. The number of aliphatic hydroxyl groups is 2. The van der Waals surface area contributed by atoms with Gasteiger partial charge in [-0.1, -0.05) is 51.1 Å². The fourth-order valence-corrected chi connectivity index (χ4v) is 9.10. The molecule has 2 heterocycles. The van der Waals surface area contributed by atoms with Gasteiger partial charge in [0.25, 0.3) is 0 Å². The largest absolute Gasteiger partial charge is 0.458 e. The first-order valence-corrected chi connectivity index (χ1v) is 12.8. The highest BCUT2D eigenvalue weighted by atomic mass is 16.6. The van der Waals surface area contributed by atoms with Crippen LogP contribution in [0.25, 0.3) is 0 Å². The van der Waals surface area contributed by atoms with E-state index in [1.807, 2.05) is 44.2 Å². The zero-order valence-electron chi connectivity index (χ0n) is 20.1. The van der Waals surface area contributed by atoms with E-state index >= 15 is 0 Å². The number of hydrogen-bond acceptors (Lipinski definition) is 6. The minimum atomic E-state index is -1.39. The molecule has 2 N–H and O–H groups in total. The van der Waals surface area contributed by atoms with Gasteiger partial charge in [-0.2, -0.15) is 0 Å². The van der Waals surface area contributed by atoms with Crippen LogP contribution in [0.3, 0.4) is 0 Å². The summed E-state index contributed by atoms with van der Waals surface area (Å²) in [6.45, 7) is 7.03. The Kier molecular flexibility index (Phi) is 4.13. The van der Waals surface area contributed by atoms with Crippen molar-refractivity contribution < 1.29 is 29.2 Å². The van der Waals surface area contributed by atoms with Crippen molar-refractivity contribution in [1.29, 1.82) is 0 Å². The number of hydrogen-bond donors (Lipinski definition) is 2. The molecule has 3 saturated carbocycles. The van der Waals surface area contributed by atoms with E-state index in [0.29, 0.717) is 13.2 Å². The first-order valence-electron chi connectivity index (χ1n) is 12.8. The Morgan fingerprint density at radius 1 is 1.24 bits per heavy atom. The molecule has 0 amide bonds. The molecule has 1 saturated heterocycles. The summed E-state index contributed by atoms with van der Waals surface area (Å²) < 4.78 is 18.8. The van der Waals surface area contributed by atoms with Gasteiger partial charge in [-0.05, 0) is 60.0 Å². The van der Waals surface area contributed by atoms with E-state index in [2.05, 4.69) is 6.92 Å². The Morgan fingerprint density at radius 2 is 2.00 bits per heavy atom. The fraction of sp³-hybridized carbons (Fsp3) is 0.679. The zero-order valence-corrected chi connectivity index (χ0v) is 20.1. The minimum absolute atomic E-state index is 0.0329. The maximum absolute atomic E-state index is 12.3. The number of aliphatic hydroxyl groups excluding tert-OH is 1. The van der Waals surface area contributed by atoms with E-state index in [0.717, 1.165) is 42.4 Å². The second-order valence-electron chi connectivity index (χ2n) is 12.1. The smallest absolute Gasteiger partial charge is 0.334 e. The SMILES string of the molecule is CC(C)[C@]1(O)[C@H](O)[C@@H]2C[C@]23[C@]2(O[C@H]2C[C@H]2C4=C(CC[C@@]23C)C(=O)OC4)[C@@H]1OCc1ccccc1. The lowest BCUT2D eigenvalue weighted by molar-refractivity contribution is -0.263. The summed E-state index contributed by atoms with van der Waals surface area (Å²) in [5, 5.41) is 23.8. The number of carbonyl (C=O) groups is 1. The van der Waals surface area contributed by atoms with E-state index in [4.69, 9.17) is 14.2 Å². The Bertz CT molecular complexity index is 1100. The van der Waals surface area contributed by atoms with Gasteiger partial charge in [0.1, 0.15) is 23.9 Å². The molecule has 1 aromatic rings. The number of benzene rings is 1. The molecule has 1 aromatic carbocycles. The topological polar surface area (TPSA) is 88.5 Å². The molecule has 0 unspecified atom stereocenters. The normalized spacial score (nSPS) is 50.1. The average molecular weight is 467 g/mol. The first-order chi connectivity index (χ1) is 16.2. The van der Waals surface area contributed by atoms with Crippen molar-refractivity contribution in [2.75, 3.05) is 6.61 Å². The lowest BCUT2D eigenvalue weighted by Crippen LogP contribution is -2.73. The molecular weight excluding hydrogens is 432 g/mol. The summed E-state index contributed by atoms with van der Waals surface area (Å²) in [4.78, 5) is 12.3. The Labute approximate surface area is 200 Å². The van der Waals surface area contributed by atoms with Crippen molar-refractivity contribution in [3.63, 3.8) is 0 Å². The molecule has 4 aliphatic carbocycles. The molecule has 9 atom stereocenters. The van der Waals surface area contributed by atoms with Crippen LogP contribution in [0.2, 0.25) is 0 Å². The summed E-state index contributed by atoms with van der Waals surface area (Å²) >= 11 is 0. The van der Waals surface area contributed by atoms with E-state index in [1.165, 1.54) is 0 Å². The van der Waals surface area contributed by atoms with Crippen LogP contribution in [0.15, 0.2) is 41.5 Å². The minimum Gasteiger partial charge on any atom is -0.458 e. The molecule has 6 heteroatoms. The molecule has 6 aliphatic rings. The van der Waals surface area contributed by atoms with Crippen molar-refractivity contribution in [3.8, 4) is 0 Å². The Balaban J connectivity index is 1.33. The van der Waals surface area contributed by atoms with Crippen LogP contribution in [0.5, 0.6) is 0 Å². The molecule has 4 fully saturated rings. The van der Waals surface area contributed by atoms with Crippen LogP contribution in [-0.2, 0) is 25.6 Å². The molecule has 7 rings (SSSR count). The standard InChI is InChI=1S/C28H34O6/c1-15(2)27(31)22(29)20-12-26(20)25(3)10-9-17-18(14-32-23(17)30)19(25)11-21-28(26,34-21)24(27)33-13-16-7-5-4-6-8-16/h4-8,15,19-22,24,29,31H,9-14H2,1-3H3/t19-,20-,21-,22+,24+,25-,26-,27-,28+/m0/s1. The van der Waals surface area contributed by atoms with Crippen molar-refractivity contribution in [3.05, 3.63) is 47.0 Å². The van der Waals surface area contributed by atoms with Crippen LogP contribution < -0.4 is 0 Å².